The van der Waals surface area contributed by atoms with Gasteiger partial charge in [-0.1, -0.05) is 30.3 Å². The van der Waals surface area contributed by atoms with Crippen molar-refractivity contribution < 1.29 is 9.59 Å². The number of hydrogen-bond donors (Lipinski definition) is 0. The van der Waals surface area contributed by atoms with Crippen LogP contribution in [0, 0.1) is 0 Å². The van der Waals surface area contributed by atoms with E-state index in [0.29, 0.717) is 0 Å². The number of carbonyl (C=O) groups excluding carboxylic acids is 2. The number of rotatable bonds is 5. The number of hydrogen-bond acceptors (Lipinski definition) is 4. The highest BCUT2D eigenvalue weighted by Gasteiger charge is 2.42. The van der Waals surface area contributed by atoms with Gasteiger partial charge in [0, 0.05) is 5.92 Å². The molecule has 0 saturated heterocycles. The molecule has 0 heterocycles. The van der Waals surface area contributed by atoms with Crippen LogP contribution < -0.4 is 0 Å². The Labute approximate surface area is 113 Å². The first-order valence-electron chi connectivity index (χ1n) is 6.08. The van der Waals surface area contributed by atoms with Crippen LogP contribution in [0.2, 0.25) is 0 Å². The summed E-state index contributed by atoms with van der Waals surface area (Å²) in [4.78, 5) is 29.1. The molecule has 4 heteroatoms. The van der Waals surface area contributed by atoms with Crippen molar-refractivity contribution in [1.82, 2.24) is 0 Å². The predicted molar refractivity (Wildman–Crippen MR) is 73.6 cm³/mol. The molecular formula is C15H18N2O2. The summed E-state index contributed by atoms with van der Waals surface area (Å²) in [5, 5.41) is 0. The molecule has 0 unspecified atom stereocenters. The molecule has 0 bridgehead atoms. The third-order valence-electron chi connectivity index (χ3n) is 3.21. The van der Waals surface area contributed by atoms with Crippen molar-refractivity contribution in [1.29, 1.82) is 0 Å². The molecule has 0 spiro atoms. The van der Waals surface area contributed by atoms with E-state index in [4.69, 9.17) is 0 Å². The fourth-order valence-electron chi connectivity index (χ4n) is 2.69. The summed E-state index contributed by atoms with van der Waals surface area (Å²) < 4.78 is 0. The van der Waals surface area contributed by atoms with Gasteiger partial charge in [0.25, 0.3) is 0 Å². The molecule has 0 aliphatic heterocycles. The van der Waals surface area contributed by atoms with Gasteiger partial charge in [-0.15, -0.1) is 0 Å². The maximum Gasteiger partial charge on any atom is 0.235 e. The van der Waals surface area contributed by atoms with Crippen molar-refractivity contribution in [2.75, 3.05) is 0 Å². The molecule has 19 heavy (non-hydrogen) atoms. The van der Waals surface area contributed by atoms with E-state index in [-0.39, 0.29) is 5.92 Å². The fraction of sp³-hybridized carbons (Fsp3) is 0.467. The Balaban J connectivity index is 3.43. The largest absolute Gasteiger partial charge is 0.235 e. The molecule has 0 aliphatic carbocycles. The smallest absolute Gasteiger partial charge is 0.211 e. The number of nitrogens with zero attached hydrogens (tertiary/aromatic N) is 2. The first kappa shape index (κ1) is 15.0. The molecule has 100 valence electrons. The van der Waals surface area contributed by atoms with Crippen LogP contribution in [0.15, 0.2) is 40.3 Å². The molecule has 1 aromatic rings. The number of aliphatic imine (C=N–C) groups is 2. The summed E-state index contributed by atoms with van der Waals surface area (Å²) in [6, 6.07) is 9.60. The third-order valence-corrected chi connectivity index (χ3v) is 3.21. The number of benzene rings is 1. The van der Waals surface area contributed by atoms with Gasteiger partial charge in [0.05, 0.1) is 11.1 Å². The van der Waals surface area contributed by atoms with Crippen LogP contribution in [0.4, 0.5) is 0 Å². The van der Waals surface area contributed by atoms with Crippen LogP contribution in [-0.2, 0) is 9.59 Å². The summed E-state index contributed by atoms with van der Waals surface area (Å²) >= 11 is 0. The zero-order valence-corrected chi connectivity index (χ0v) is 11.7. The van der Waals surface area contributed by atoms with Crippen molar-refractivity contribution in [3.05, 3.63) is 35.9 Å². The van der Waals surface area contributed by atoms with Crippen LogP contribution >= 0.6 is 0 Å². The maximum absolute atomic E-state index is 10.6. The molecule has 1 aromatic carbocycles. The van der Waals surface area contributed by atoms with Crippen molar-refractivity contribution in [3.63, 3.8) is 0 Å². The second kappa shape index (κ2) is 5.75. The Morgan fingerprint density at radius 2 is 1.32 bits per heavy atom. The van der Waals surface area contributed by atoms with Crippen molar-refractivity contribution in [2.24, 2.45) is 9.98 Å². The zero-order chi connectivity index (χ0) is 14.5. The highest BCUT2D eigenvalue weighted by Crippen LogP contribution is 2.41. The molecule has 0 radical (unpaired) electrons. The van der Waals surface area contributed by atoms with E-state index < -0.39 is 11.1 Å². The quantitative estimate of drug-likeness (QED) is 0.602. The maximum atomic E-state index is 10.6. The van der Waals surface area contributed by atoms with Crippen LogP contribution in [0.25, 0.3) is 0 Å². The van der Waals surface area contributed by atoms with Gasteiger partial charge in [0.1, 0.15) is 0 Å². The summed E-state index contributed by atoms with van der Waals surface area (Å²) in [5.41, 5.74) is -0.463. The molecule has 0 aromatic heterocycles. The second-order valence-electron chi connectivity index (χ2n) is 5.56. The van der Waals surface area contributed by atoms with Gasteiger partial charge in [0.15, 0.2) is 0 Å². The van der Waals surface area contributed by atoms with Crippen molar-refractivity contribution >= 4 is 12.2 Å². The Kier molecular flexibility index (Phi) is 4.55. The summed E-state index contributed by atoms with van der Waals surface area (Å²) in [6.45, 7) is 7.32. The normalized spacial score (nSPS) is 13.1. The minimum Gasteiger partial charge on any atom is -0.211 e. The van der Waals surface area contributed by atoms with E-state index in [0.717, 1.165) is 5.56 Å². The molecule has 0 N–H and O–H groups in total. The molecule has 0 atom stereocenters. The first-order valence-corrected chi connectivity index (χ1v) is 6.08. The van der Waals surface area contributed by atoms with Gasteiger partial charge in [-0.25, -0.2) is 9.59 Å². The molecule has 0 amide bonds. The SMILES string of the molecule is CC(C)(N=C=O)C(c1ccccc1)C(C)(C)N=C=O. The zero-order valence-electron chi connectivity index (χ0n) is 11.7. The van der Waals surface area contributed by atoms with E-state index in [1.807, 2.05) is 58.0 Å². The van der Waals surface area contributed by atoms with Gasteiger partial charge >= 0.3 is 0 Å². The average Bonchev–Trinajstić information content (AvgIpc) is 2.29. The average molecular weight is 258 g/mol. The fourth-order valence-corrected chi connectivity index (χ4v) is 2.69. The van der Waals surface area contributed by atoms with Gasteiger partial charge in [-0.3, -0.25) is 0 Å². The Hall–Kier alpha value is -2.02. The van der Waals surface area contributed by atoms with Gasteiger partial charge in [-0.2, -0.15) is 9.98 Å². The standard InChI is InChI=1S/C15H18N2O2/c1-14(2,16-10-18)13(15(3,4)17-11-19)12-8-6-5-7-9-12/h5-9,13H,1-4H3. The molecule has 1 rings (SSSR count). The monoisotopic (exact) mass is 258 g/mol. The molecule has 0 fully saturated rings. The summed E-state index contributed by atoms with van der Waals surface area (Å²) in [6.07, 6.45) is 3.21. The lowest BCUT2D eigenvalue weighted by Crippen LogP contribution is -2.41. The van der Waals surface area contributed by atoms with Crippen LogP contribution in [0.5, 0.6) is 0 Å². The number of isocyanates is 2. The van der Waals surface area contributed by atoms with E-state index in [1.165, 1.54) is 0 Å². The van der Waals surface area contributed by atoms with Crippen molar-refractivity contribution in [3.8, 4) is 0 Å². The van der Waals surface area contributed by atoms with Crippen LogP contribution in [0.3, 0.4) is 0 Å². The lowest BCUT2D eigenvalue weighted by atomic mass is 9.71. The highest BCUT2D eigenvalue weighted by molar-refractivity contribution is 5.40. The van der Waals surface area contributed by atoms with Crippen LogP contribution in [0.1, 0.15) is 39.2 Å². The minimum absolute atomic E-state index is 0.232. The van der Waals surface area contributed by atoms with Crippen molar-refractivity contribution in [2.45, 2.75) is 44.7 Å². The summed E-state index contributed by atoms with van der Waals surface area (Å²) in [5.74, 6) is -0.232. The lowest BCUT2D eigenvalue weighted by molar-refractivity contribution is 0.291. The molecule has 4 nitrogen and oxygen atoms in total. The van der Waals surface area contributed by atoms with Gasteiger partial charge in [-0.05, 0) is 33.3 Å². The highest BCUT2D eigenvalue weighted by atomic mass is 16.1. The van der Waals surface area contributed by atoms with E-state index >= 15 is 0 Å². The molecular weight excluding hydrogens is 240 g/mol. The topological polar surface area (TPSA) is 58.9 Å². The van der Waals surface area contributed by atoms with Gasteiger partial charge < -0.3 is 0 Å². The second-order valence-corrected chi connectivity index (χ2v) is 5.56. The van der Waals surface area contributed by atoms with Crippen LogP contribution in [-0.4, -0.2) is 23.2 Å². The van der Waals surface area contributed by atoms with E-state index in [2.05, 4.69) is 9.98 Å². The Morgan fingerprint density at radius 3 is 1.68 bits per heavy atom. The lowest BCUT2D eigenvalue weighted by Gasteiger charge is -2.38. The third kappa shape index (κ3) is 3.47. The Morgan fingerprint density at radius 1 is 0.895 bits per heavy atom. The predicted octanol–water partition coefficient (Wildman–Crippen LogP) is 3.00. The first-order chi connectivity index (χ1) is 8.85. The molecule has 0 aliphatic rings. The summed E-state index contributed by atoms with van der Waals surface area (Å²) in [7, 11) is 0. The minimum atomic E-state index is -0.715. The van der Waals surface area contributed by atoms with E-state index in [1.54, 1.807) is 12.2 Å². The van der Waals surface area contributed by atoms with E-state index in [9.17, 15) is 9.59 Å². The Bertz CT molecular complexity index is 492. The van der Waals surface area contributed by atoms with Gasteiger partial charge in [0.2, 0.25) is 12.2 Å². The molecule has 0 saturated carbocycles.